The Morgan fingerprint density at radius 1 is 1.47 bits per heavy atom. The van der Waals surface area contributed by atoms with Crippen LogP contribution < -0.4 is 10.2 Å². The highest BCUT2D eigenvalue weighted by molar-refractivity contribution is 6.31. The number of carbonyl (C=O) groups excluding carboxylic acids is 1. The molecule has 17 heavy (non-hydrogen) atoms. The van der Waals surface area contributed by atoms with Crippen LogP contribution in [0.3, 0.4) is 0 Å². The van der Waals surface area contributed by atoms with Gasteiger partial charge in [0.15, 0.2) is 0 Å². The van der Waals surface area contributed by atoms with E-state index in [-0.39, 0.29) is 17.0 Å². The molecule has 92 valence electrons. The number of hydrogen-bond donors (Lipinski definition) is 1. The summed E-state index contributed by atoms with van der Waals surface area (Å²) in [5.74, 6) is -0.538. The van der Waals surface area contributed by atoms with Gasteiger partial charge >= 0.3 is 0 Å². The first-order valence-corrected chi connectivity index (χ1v) is 5.92. The molecule has 0 radical (unpaired) electrons. The molecule has 1 aliphatic heterocycles. The second-order valence-electron chi connectivity index (χ2n) is 4.37. The van der Waals surface area contributed by atoms with Gasteiger partial charge in [0.05, 0.1) is 16.4 Å². The number of hydrogen-bond acceptors (Lipinski definition) is 2. The number of amides is 1. The molecule has 2 rings (SSSR count). The molecule has 1 amide bonds. The van der Waals surface area contributed by atoms with E-state index in [1.54, 1.807) is 0 Å². The zero-order valence-corrected chi connectivity index (χ0v) is 10.5. The average Bonchev–Trinajstić information content (AvgIpc) is 2.38. The standard InChI is InChI=1S/C12H14ClFN2O/c1-7(2)16-4-3-12(17)15-10-5-8(13)9(14)6-11(10)16/h5-7H,3-4H2,1-2H3,(H,15,17). The Morgan fingerprint density at radius 3 is 2.82 bits per heavy atom. The fourth-order valence-electron chi connectivity index (χ4n) is 1.97. The second kappa shape index (κ2) is 4.53. The summed E-state index contributed by atoms with van der Waals surface area (Å²) in [6.45, 7) is 4.59. The van der Waals surface area contributed by atoms with Gasteiger partial charge in [-0.05, 0) is 19.9 Å². The van der Waals surface area contributed by atoms with Gasteiger partial charge in [0.2, 0.25) is 5.91 Å². The Balaban J connectivity index is 2.53. The van der Waals surface area contributed by atoms with Crippen LogP contribution in [0.15, 0.2) is 12.1 Å². The molecule has 0 saturated heterocycles. The minimum absolute atomic E-state index is 0.0228. The van der Waals surface area contributed by atoms with Crippen molar-refractivity contribution in [2.45, 2.75) is 26.3 Å². The molecule has 0 aromatic heterocycles. The predicted molar refractivity (Wildman–Crippen MR) is 67.1 cm³/mol. The van der Waals surface area contributed by atoms with Crippen molar-refractivity contribution >= 4 is 28.9 Å². The van der Waals surface area contributed by atoms with Crippen LogP contribution in [0.5, 0.6) is 0 Å². The Bertz CT molecular complexity index is 462. The molecule has 1 aliphatic rings. The van der Waals surface area contributed by atoms with E-state index in [1.807, 2.05) is 18.7 Å². The van der Waals surface area contributed by atoms with Crippen LogP contribution in [0.1, 0.15) is 20.3 Å². The summed E-state index contributed by atoms with van der Waals surface area (Å²) in [5, 5.41) is 2.77. The highest BCUT2D eigenvalue weighted by Crippen LogP contribution is 2.34. The van der Waals surface area contributed by atoms with Gasteiger partial charge in [0, 0.05) is 25.1 Å². The number of nitrogens with zero attached hydrogens (tertiary/aromatic N) is 1. The second-order valence-corrected chi connectivity index (χ2v) is 4.78. The summed E-state index contributed by atoms with van der Waals surface area (Å²) in [4.78, 5) is 13.5. The van der Waals surface area contributed by atoms with Crippen LogP contribution in [-0.4, -0.2) is 18.5 Å². The van der Waals surface area contributed by atoms with Gasteiger partial charge < -0.3 is 10.2 Å². The lowest BCUT2D eigenvalue weighted by molar-refractivity contribution is -0.115. The number of rotatable bonds is 1. The van der Waals surface area contributed by atoms with Crippen LogP contribution in [0.2, 0.25) is 5.02 Å². The van der Waals surface area contributed by atoms with Gasteiger partial charge in [0.1, 0.15) is 5.82 Å². The number of benzene rings is 1. The molecule has 1 aromatic carbocycles. The summed E-state index contributed by atoms with van der Waals surface area (Å²) in [6, 6.07) is 3.04. The molecule has 5 heteroatoms. The third-order valence-electron chi connectivity index (χ3n) is 2.83. The van der Waals surface area contributed by atoms with Crippen molar-refractivity contribution < 1.29 is 9.18 Å². The lowest BCUT2D eigenvalue weighted by Gasteiger charge is -2.28. The molecule has 0 atom stereocenters. The van der Waals surface area contributed by atoms with Crippen LogP contribution >= 0.6 is 11.6 Å². The Kier molecular flexibility index (Phi) is 3.24. The first-order valence-electron chi connectivity index (χ1n) is 5.54. The van der Waals surface area contributed by atoms with Crippen molar-refractivity contribution in [2.24, 2.45) is 0 Å². The molecule has 0 saturated carbocycles. The molecule has 0 unspecified atom stereocenters. The van der Waals surface area contributed by atoms with E-state index in [0.717, 1.165) is 0 Å². The van der Waals surface area contributed by atoms with Crippen molar-refractivity contribution in [3.8, 4) is 0 Å². The normalized spacial score (nSPS) is 15.6. The van der Waals surface area contributed by atoms with E-state index in [9.17, 15) is 9.18 Å². The largest absolute Gasteiger partial charge is 0.367 e. The van der Waals surface area contributed by atoms with E-state index in [0.29, 0.717) is 24.3 Å². The lowest BCUT2D eigenvalue weighted by Crippen LogP contribution is -2.31. The van der Waals surface area contributed by atoms with E-state index < -0.39 is 5.82 Å². The maximum absolute atomic E-state index is 13.5. The fraction of sp³-hybridized carbons (Fsp3) is 0.417. The first kappa shape index (κ1) is 12.2. The maximum Gasteiger partial charge on any atom is 0.226 e. The van der Waals surface area contributed by atoms with Gasteiger partial charge in [-0.25, -0.2) is 4.39 Å². The summed E-state index contributed by atoms with van der Waals surface area (Å²) in [7, 11) is 0. The Morgan fingerprint density at radius 2 is 2.18 bits per heavy atom. The van der Waals surface area contributed by atoms with Gasteiger partial charge in [-0.2, -0.15) is 0 Å². The van der Waals surface area contributed by atoms with E-state index in [1.165, 1.54) is 12.1 Å². The number of anilines is 2. The average molecular weight is 257 g/mol. The molecule has 0 bridgehead atoms. The Hall–Kier alpha value is -1.29. The van der Waals surface area contributed by atoms with Gasteiger partial charge in [-0.3, -0.25) is 4.79 Å². The SMILES string of the molecule is CC(C)N1CCC(=O)Nc2cc(Cl)c(F)cc21. The topological polar surface area (TPSA) is 32.3 Å². The van der Waals surface area contributed by atoms with Gasteiger partial charge in [-0.1, -0.05) is 11.6 Å². The van der Waals surface area contributed by atoms with Crippen LogP contribution in [0.25, 0.3) is 0 Å². The molecule has 1 aromatic rings. The summed E-state index contributed by atoms with van der Waals surface area (Å²) in [5.41, 5.74) is 1.26. The van der Waals surface area contributed by atoms with Crippen molar-refractivity contribution in [3.05, 3.63) is 23.0 Å². The lowest BCUT2D eigenvalue weighted by atomic mass is 10.2. The monoisotopic (exact) mass is 256 g/mol. The predicted octanol–water partition coefficient (Wildman–Crippen LogP) is 3.04. The van der Waals surface area contributed by atoms with Crippen molar-refractivity contribution in [2.75, 3.05) is 16.8 Å². The van der Waals surface area contributed by atoms with Gasteiger partial charge in [-0.15, -0.1) is 0 Å². The first-order chi connectivity index (χ1) is 7.99. The quantitative estimate of drug-likeness (QED) is 0.838. The molecule has 0 spiro atoms. The number of carbonyl (C=O) groups is 1. The smallest absolute Gasteiger partial charge is 0.226 e. The van der Waals surface area contributed by atoms with Crippen molar-refractivity contribution in [3.63, 3.8) is 0 Å². The van der Waals surface area contributed by atoms with E-state index in [2.05, 4.69) is 5.32 Å². The molecular formula is C12H14ClFN2O. The van der Waals surface area contributed by atoms with Gasteiger partial charge in [0.25, 0.3) is 0 Å². The Labute approximate surface area is 105 Å². The molecule has 0 aliphatic carbocycles. The van der Waals surface area contributed by atoms with Crippen molar-refractivity contribution in [1.29, 1.82) is 0 Å². The zero-order chi connectivity index (χ0) is 12.6. The maximum atomic E-state index is 13.5. The molecular weight excluding hydrogens is 243 g/mol. The highest BCUT2D eigenvalue weighted by atomic mass is 35.5. The number of nitrogens with one attached hydrogen (secondary N) is 1. The highest BCUT2D eigenvalue weighted by Gasteiger charge is 2.22. The molecule has 3 nitrogen and oxygen atoms in total. The zero-order valence-electron chi connectivity index (χ0n) is 9.76. The fourth-order valence-corrected chi connectivity index (χ4v) is 2.13. The van der Waals surface area contributed by atoms with E-state index in [4.69, 9.17) is 11.6 Å². The summed E-state index contributed by atoms with van der Waals surface area (Å²) >= 11 is 5.73. The third-order valence-corrected chi connectivity index (χ3v) is 3.11. The summed E-state index contributed by atoms with van der Waals surface area (Å²) in [6.07, 6.45) is 0.395. The van der Waals surface area contributed by atoms with Crippen LogP contribution in [0.4, 0.5) is 15.8 Å². The minimum atomic E-state index is -0.466. The molecule has 1 N–H and O–H groups in total. The minimum Gasteiger partial charge on any atom is -0.367 e. The number of halogens is 2. The summed E-state index contributed by atoms with van der Waals surface area (Å²) < 4.78 is 13.5. The van der Waals surface area contributed by atoms with Crippen molar-refractivity contribution in [1.82, 2.24) is 0 Å². The van der Waals surface area contributed by atoms with Crippen LogP contribution in [-0.2, 0) is 4.79 Å². The van der Waals surface area contributed by atoms with Crippen LogP contribution in [0, 0.1) is 5.82 Å². The third kappa shape index (κ3) is 2.36. The molecule has 0 fully saturated rings. The number of fused-ring (bicyclic) bond motifs is 1. The van der Waals surface area contributed by atoms with E-state index >= 15 is 0 Å². The molecule has 1 heterocycles.